The average molecular weight is 176 g/mol. The quantitative estimate of drug-likeness (QED) is 0.537. The fourth-order valence-electron chi connectivity index (χ4n) is 1.44. The van der Waals surface area contributed by atoms with Gasteiger partial charge in [-0.3, -0.25) is 0 Å². The highest BCUT2D eigenvalue weighted by Crippen LogP contribution is 2.38. The van der Waals surface area contributed by atoms with Gasteiger partial charge >= 0.3 is 6.18 Å². The third-order valence-electron chi connectivity index (χ3n) is 2.16. The van der Waals surface area contributed by atoms with Crippen LogP contribution in [0, 0.1) is 5.92 Å². The van der Waals surface area contributed by atoms with Crippen LogP contribution in [0.5, 0.6) is 0 Å². The normalized spacial score (nSPS) is 24.5. The molecule has 0 nitrogen and oxygen atoms in total. The molecule has 1 atom stereocenters. The van der Waals surface area contributed by atoms with Crippen LogP contribution in [0.15, 0.2) is 23.8 Å². The first kappa shape index (κ1) is 9.36. The second-order valence-corrected chi connectivity index (χ2v) is 3.18. The maximum atomic E-state index is 12.0. The predicted octanol–water partition coefficient (Wildman–Crippen LogP) is 3.46. The highest BCUT2D eigenvalue weighted by atomic mass is 19.4. The van der Waals surface area contributed by atoms with Gasteiger partial charge in [-0.05, 0) is 13.3 Å². The van der Waals surface area contributed by atoms with Crippen LogP contribution in [-0.2, 0) is 0 Å². The Morgan fingerprint density at radius 1 is 1.58 bits per heavy atom. The van der Waals surface area contributed by atoms with Crippen molar-refractivity contribution in [2.24, 2.45) is 5.92 Å². The lowest BCUT2D eigenvalue weighted by Gasteiger charge is -2.15. The Bertz CT molecular complexity index is 222. The number of rotatable bonds is 1. The van der Waals surface area contributed by atoms with Crippen LogP contribution in [0.2, 0.25) is 0 Å². The van der Waals surface area contributed by atoms with E-state index < -0.39 is 18.5 Å². The first-order chi connectivity index (χ1) is 5.40. The number of hydrogen-bond acceptors (Lipinski definition) is 0. The summed E-state index contributed by atoms with van der Waals surface area (Å²) in [5, 5.41) is 0. The van der Waals surface area contributed by atoms with Gasteiger partial charge in [0.05, 0.1) is 6.42 Å². The van der Waals surface area contributed by atoms with E-state index in [9.17, 15) is 13.2 Å². The monoisotopic (exact) mass is 176 g/mol. The van der Waals surface area contributed by atoms with Crippen molar-refractivity contribution >= 4 is 0 Å². The maximum absolute atomic E-state index is 12.0. The van der Waals surface area contributed by atoms with Crippen molar-refractivity contribution < 1.29 is 13.2 Å². The van der Waals surface area contributed by atoms with Crippen molar-refractivity contribution in [2.75, 3.05) is 0 Å². The highest BCUT2D eigenvalue weighted by Gasteiger charge is 2.34. The molecular formula is C9H11F3. The molecule has 0 aromatic rings. The maximum Gasteiger partial charge on any atom is 0.390 e. The first-order valence-corrected chi connectivity index (χ1v) is 3.81. The van der Waals surface area contributed by atoms with Crippen LogP contribution < -0.4 is 0 Å². The molecule has 0 aromatic heterocycles. The molecule has 3 heteroatoms. The summed E-state index contributed by atoms with van der Waals surface area (Å²) in [6.07, 6.45) is -2.41. The molecule has 0 amide bonds. The molecular weight excluding hydrogens is 165 g/mol. The molecule has 0 aliphatic heterocycles. The van der Waals surface area contributed by atoms with Crippen molar-refractivity contribution in [2.45, 2.75) is 25.9 Å². The standard InChI is InChI=1S/C9H11F3/c1-6-3-4-7(2)8(6)5-9(10,11)12/h4,8H,1,3,5H2,2H3. The third-order valence-corrected chi connectivity index (χ3v) is 2.16. The number of alkyl halides is 3. The molecule has 1 aliphatic carbocycles. The Morgan fingerprint density at radius 3 is 2.50 bits per heavy atom. The van der Waals surface area contributed by atoms with E-state index in [4.69, 9.17) is 0 Å². The average Bonchev–Trinajstić information content (AvgIpc) is 2.16. The molecule has 0 saturated carbocycles. The summed E-state index contributed by atoms with van der Waals surface area (Å²) in [5.74, 6) is -0.468. The molecule has 0 spiro atoms. The van der Waals surface area contributed by atoms with Gasteiger partial charge in [-0.2, -0.15) is 13.2 Å². The lowest BCUT2D eigenvalue weighted by atomic mass is 9.95. The van der Waals surface area contributed by atoms with E-state index in [2.05, 4.69) is 6.58 Å². The molecule has 1 rings (SSSR count). The van der Waals surface area contributed by atoms with Crippen molar-refractivity contribution in [3.8, 4) is 0 Å². The molecule has 1 aliphatic rings. The molecule has 0 radical (unpaired) electrons. The zero-order valence-corrected chi connectivity index (χ0v) is 6.91. The summed E-state index contributed by atoms with van der Waals surface area (Å²) in [5.41, 5.74) is 1.49. The second kappa shape index (κ2) is 2.96. The van der Waals surface area contributed by atoms with Gasteiger partial charge in [0.25, 0.3) is 0 Å². The molecule has 0 heterocycles. The summed E-state index contributed by atoms with van der Waals surface area (Å²) in [6.45, 7) is 5.35. The van der Waals surface area contributed by atoms with Gasteiger partial charge in [0.15, 0.2) is 0 Å². The van der Waals surface area contributed by atoms with Gasteiger partial charge in [-0.1, -0.05) is 23.8 Å². The van der Waals surface area contributed by atoms with Crippen molar-refractivity contribution in [3.63, 3.8) is 0 Å². The summed E-state index contributed by atoms with van der Waals surface area (Å²) in [6, 6.07) is 0. The van der Waals surface area contributed by atoms with Gasteiger partial charge in [-0.25, -0.2) is 0 Å². The lowest BCUT2D eigenvalue weighted by molar-refractivity contribution is -0.139. The number of hydrogen-bond donors (Lipinski definition) is 0. The summed E-state index contributed by atoms with van der Waals surface area (Å²) >= 11 is 0. The molecule has 0 saturated heterocycles. The summed E-state index contributed by atoms with van der Waals surface area (Å²) in [7, 11) is 0. The SMILES string of the molecule is C=C1CC=C(C)C1CC(F)(F)F. The minimum absolute atomic E-state index is 0.468. The zero-order chi connectivity index (χ0) is 9.35. The van der Waals surface area contributed by atoms with Crippen LogP contribution in [0.4, 0.5) is 13.2 Å². The van der Waals surface area contributed by atoms with Crippen molar-refractivity contribution in [3.05, 3.63) is 23.8 Å². The van der Waals surface area contributed by atoms with Gasteiger partial charge < -0.3 is 0 Å². The molecule has 68 valence electrons. The second-order valence-electron chi connectivity index (χ2n) is 3.18. The van der Waals surface area contributed by atoms with Crippen molar-refractivity contribution in [1.29, 1.82) is 0 Å². The van der Waals surface area contributed by atoms with E-state index in [1.54, 1.807) is 6.92 Å². The molecule has 0 bridgehead atoms. The summed E-state index contributed by atoms with van der Waals surface area (Å²) < 4.78 is 36.0. The van der Waals surface area contributed by atoms with E-state index in [0.29, 0.717) is 12.0 Å². The third kappa shape index (κ3) is 2.13. The number of allylic oxidation sites excluding steroid dienone is 3. The van der Waals surface area contributed by atoms with Gasteiger partial charge in [0.2, 0.25) is 0 Å². The molecule has 0 N–H and O–H groups in total. The Kier molecular flexibility index (Phi) is 2.31. The van der Waals surface area contributed by atoms with E-state index >= 15 is 0 Å². The zero-order valence-electron chi connectivity index (χ0n) is 6.91. The molecule has 1 unspecified atom stereocenters. The largest absolute Gasteiger partial charge is 0.390 e. The van der Waals surface area contributed by atoms with Crippen LogP contribution in [-0.4, -0.2) is 6.18 Å². The summed E-state index contributed by atoms with van der Waals surface area (Å²) in [4.78, 5) is 0. The minimum atomic E-state index is -4.08. The van der Waals surface area contributed by atoms with Crippen LogP contribution in [0.3, 0.4) is 0 Å². The Morgan fingerprint density at radius 2 is 2.17 bits per heavy atom. The van der Waals surface area contributed by atoms with Gasteiger partial charge in [-0.15, -0.1) is 0 Å². The molecule has 0 aromatic carbocycles. The Hall–Kier alpha value is -0.730. The van der Waals surface area contributed by atoms with E-state index in [0.717, 1.165) is 5.57 Å². The fraction of sp³-hybridized carbons (Fsp3) is 0.556. The van der Waals surface area contributed by atoms with E-state index in [1.165, 1.54) is 0 Å². The Balaban J connectivity index is 2.63. The van der Waals surface area contributed by atoms with Crippen LogP contribution in [0.25, 0.3) is 0 Å². The Labute approximate surface area is 69.8 Å². The van der Waals surface area contributed by atoms with Gasteiger partial charge in [0.1, 0.15) is 0 Å². The smallest absolute Gasteiger partial charge is 0.171 e. The van der Waals surface area contributed by atoms with Crippen LogP contribution >= 0.6 is 0 Å². The van der Waals surface area contributed by atoms with Crippen molar-refractivity contribution in [1.82, 2.24) is 0 Å². The molecule has 12 heavy (non-hydrogen) atoms. The van der Waals surface area contributed by atoms with E-state index in [1.807, 2.05) is 6.08 Å². The van der Waals surface area contributed by atoms with Gasteiger partial charge in [0, 0.05) is 5.92 Å². The van der Waals surface area contributed by atoms with Crippen LogP contribution in [0.1, 0.15) is 19.8 Å². The fourth-order valence-corrected chi connectivity index (χ4v) is 1.44. The highest BCUT2D eigenvalue weighted by molar-refractivity contribution is 5.27. The minimum Gasteiger partial charge on any atom is -0.171 e. The predicted molar refractivity (Wildman–Crippen MR) is 41.7 cm³/mol. The number of halogens is 3. The van der Waals surface area contributed by atoms with E-state index in [-0.39, 0.29) is 0 Å². The first-order valence-electron chi connectivity index (χ1n) is 3.81. The topological polar surface area (TPSA) is 0 Å². The lowest BCUT2D eigenvalue weighted by Crippen LogP contribution is -2.15. The molecule has 0 fully saturated rings.